The normalized spacial score (nSPS) is 11.5. The number of phenols is 1. The molecule has 2 aromatic carbocycles. The van der Waals surface area contributed by atoms with Gasteiger partial charge in [0.15, 0.2) is 11.6 Å². The van der Waals surface area contributed by atoms with E-state index in [4.69, 9.17) is 5.11 Å². The van der Waals surface area contributed by atoms with Crippen LogP contribution in [-0.4, -0.2) is 5.11 Å². The minimum atomic E-state index is -4.44. The van der Waals surface area contributed by atoms with E-state index in [-0.39, 0.29) is 16.7 Å². The average molecular weight is 364 g/mol. The molecule has 0 aromatic heterocycles. The Morgan fingerprint density at radius 1 is 1.10 bits per heavy atom. The average Bonchev–Trinajstić information content (AvgIpc) is 2.38. The summed E-state index contributed by atoms with van der Waals surface area (Å²) in [5, 5.41) is 11.8. The molecule has 21 heavy (non-hydrogen) atoms. The molecule has 0 aliphatic rings. The van der Waals surface area contributed by atoms with Gasteiger partial charge in [0, 0.05) is 16.7 Å². The van der Waals surface area contributed by atoms with Crippen LogP contribution >= 0.6 is 15.9 Å². The molecule has 0 aliphatic carbocycles. The predicted molar refractivity (Wildman–Crippen MR) is 74.5 cm³/mol. The summed E-state index contributed by atoms with van der Waals surface area (Å²) in [5.41, 5.74) is -0.0275. The Kier molecular flexibility index (Phi) is 4.41. The van der Waals surface area contributed by atoms with Crippen LogP contribution in [0.1, 0.15) is 11.1 Å². The number of halogens is 5. The Morgan fingerprint density at radius 2 is 1.81 bits per heavy atom. The fourth-order valence-electron chi connectivity index (χ4n) is 1.72. The summed E-state index contributed by atoms with van der Waals surface area (Å²) < 4.78 is 51.5. The lowest BCUT2D eigenvalue weighted by Gasteiger charge is -2.12. The molecule has 0 radical (unpaired) electrons. The van der Waals surface area contributed by atoms with Gasteiger partial charge in [-0.3, -0.25) is 0 Å². The van der Waals surface area contributed by atoms with Crippen LogP contribution in [0.2, 0.25) is 0 Å². The first-order chi connectivity index (χ1) is 9.75. The van der Waals surface area contributed by atoms with Crippen molar-refractivity contribution in [1.82, 2.24) is 0 Å². The number of nitrogens with one attached hydrogen (secondary N) is 1. The summed E-state index contributed by atoms with van der Waals surface area (Å²) in [6.07, 6.45) is -4.44. The summed E-state index contributed by atoms with van der Waals surface area (Å²) >= 11 is 3.02. The molecule has 0 amide bonds. The molecule has 0 saturated carbocycles. The van der Waals surface area contributed by atoms with E-state index in [0.717, 1.165) is 18.2 Å². The van der Waals surface area contributed by atoms with Crippen LogP contribution in [0, 0.1) is 5.82 Å². The standard InChI is InChI=1S/C14H10BrF4NO/c15-10-4-9(14(17,18)19)5-11(6-10)20-7-8-1-2-13(21)12(16)3-8/h1-6,20-21H,7H2. The number of hydrogen-bond donors (Lipinski definition) is 2. The maximum absolute atomic E-state index is 13.2. The van der Waals surface area contributed by atoms with Crippen LogP contribution in [0.25, 0.3) is 0 Å². The number of anilines is 1. The largest absolute Gasteiger partial charge is 0.505 e. The van der Waals surface area contributed by atoms with E-state index in [9.17, 15) is 17.6 Å². The number of hydrogen-bond acceptors (Lipinski definition) is 2. The lowest BCUT2D eigenvalue weighted by molar-refractivity contribution is -0.137. The fourth-order valence-corrected chi connectivity index (χ4v) is 2.21. The second-order valence-corrected chi connectivity index (χ2v) is 5.28. The first-order valence-corrected chi connectivity index (χ1v) is 6.64. The lowest BCUT2D eigenvalue weighted by Crippen LogP contribution is -2.07. The second kappa shape index (κ2) is 5.93. The molecule has 2 N–H and O–H groups in total. The van der Waals surface area contributed by atoms with E-state index in [1.54, 1.807) is 0 Å². The van der Waals surface area contributed by atoms with Crippen LogP contribution < -0.4 is 5.32 Å². The van der Waals surface area contributed by atoms with Gasteiger partial charge >= 0.3 is 6.18 Å². The zero-order chi connectivity index (χ0) is 15.6. The topological polar surface area (TPSA) is 32.3 Å². The molecule has 0 spiro atoms. The Morgan fingerprint density at radius 3 is 2.43 bits per heavy atom. The van der Waals surface area contributed by atoms with Crippen LogP contribution in [0.4, 0.5) is 23.2 Å². The highest BCUT2D eigenvalue weighted by Crippen LogP contribution is 2.33. The lowest BCUT2D eigenvalue weighted by atomic mass is 10.1. The molecule has 0 bridgehead atoms. The van der Waals surface area contributed by atoms with Gasteiger partial charge in [-0.15, -0.1) is 0 Å². The maximum atomic E-state index is 13.2. The first-order valence-electron chi connectivity index (χ1n) is 5.85. The van der Waals surface area contributed by atoms with E-state index < -0.39 is 23.3 Å². The number of aromatic hydroxyl groups is 1. The third-order valence-corrected chi connectivity index (χ3v) is 3.19. The summed E-state index contributed by atoms with van der Waals surface area (Å²) in [7, 11) is 0. The third-order valence-electron chi connectivity index (χ3n) is 2.73. The molecule has 7 heteroatoms. The zero-order valence-corrected chi connectivity index (χ0v) is 12.1. The van der Waals surface area contributed by atoms with Crippen LogP contribution in [0.5, 0.6) is 5.75 Å². The van der Waals surface area contributed by atoms with Crippen molar-refractivity contribution in [2.75, 3.05) is 5.32 Å². The number of benzene rings is 2. The predicted octanol–water partition coefficient (Wildman–Crippen LogP) is 4.92. The van der Waals surface area contributed by atoms with Crippen molar-refractivity contribution in [2.24, 2.45) is 0 Å². The molecule has 2 rings (SSSR count). The molecular weight excluding hydrogens is 354 g/mol. The van der Waals surface area contributed by atoms with Gasteiger partial charge in [-0.25, -0.2) is 4.39 Å². The van der Waals surface area contributed by atoms with E-state index in [1.807, 2.05) is 0 Å². The van der Waals surface area contributed by atoms with Crippen molar-refractivity contribution in [1.29, 1.82) is 0 Å². The van der Waals surface area contributed by atoms with Crippen LogP contribution in [0.3, 0.4) is 0 Å². The quantitative estimate of drug-likeness (QED) is 0.758. The van der Waals surface area contributed by atoms with Crippen molar-refractivity contribution in [3.8, 4) is 5.75 Å². The van der Waals surface area contributed by atoms with Gasteiger partial charge in [0.1, 0.15) is 0 Å². The van der Waals surface area contributed by atoms with Gasteiger partial charge in [0.05, 0.1) is 5.56 Å². The molecule has 0 heterocycles. The van der Waals surface area contributed by atoms with E-state index in [1.165, 1.54) is 18.2 Å². The maximum Gasteiger partial charge on any atom is 0.416 e. The van der Waals surface area contributed by atoms with E-state index in [2.05, 4.69) is 21.2 Å². The molecule has 2 aromatic rings. The fraction of sp³-hybridized carbons (Fsp3) is 0.143. The summed E-state index contributed by atoms with van der Waals surface area (Å²) in [5.74, 6) is -1.25. The Balaban J connectivity index is 2.16. The molecule has 0 atom stereocenters. The summed E-state index contributed by atoms with van der Waals surface area (Å²) in [4.78, 5) is 0. The highest BCUT2D eigenvalue weighted by Gasteiger charge is 2.31. The Labute approximate surface area is 126 Å². The Hall–Kier alpha value is -1.76. The molecule has 0 aliphatic heterocycles. The summed E-state index contributed by atoms with van der Waals surface area (Å²) in [6, 6.07) is 7.23. The van der Waals surface area contributed by atoms with E-state index in [0.29, 0.717) is 5.56 Å². The minimum Gasteiger partial charge on any atom is -0.505 e. The highest BCUT2D eigenvalue weighted by molar-refractivity contribution is 9.10. The van der Waals surface area contributed by atoms with Gasteiger partial charge in [-0.2, -0.15) is 13.2 Å². The second-order valence-electron chi connectivity index (χ2n) is 4.37. The van der Waals surface area contributed by atoms with Crippen LogP contribution in [-0.2, 0) is 12.7 Å². The monoisotopic (exact) mass is 363 g/mol. The molecule has 0 unspecified atom stereocenters. The third kappa shape index (κ3) is 4.10. The Bertz CT molecular complexity index is 658. The van der Waals surface area contributed by atoms with Gasteiger partial charge in [-0.05, 0) is 35.9 Å². The van der Waals surface area contributed by atoms with Crippen molar-refractivity contribution in [2.45, 2.75) is 12.7 Å². The van der Waals surface area contributed by atoms with Crippen molar-refractivity contribution < 1.29 is 22.7 Å². The van der Waals surface area contributed by atoms with Gasteiger partial charge in [0.2, 0.25) is 0 Å². The van der Waals surface area contributed by atoms with E-state index >= 15 is 0 Å². The van der Waals surface area contributed by atoms with Crippen molar-refractivity contribution in [3.63, 3.8) is 0 Å². The van der Waals surface area contributed by atoms with Gasteiger partial charge in [-0.1, -0.05) is 22.0 Å². The number of alkyl halides is 3. The first kappa shape index (κ1) is 15.6. The zero-order valence-electron chi connectivity index (χ0n) is 10.5. The molecule has 2 nitrogen and oxygen atoms in total. The summed E-state index contributed by atoms with van der Waals surface area (Å²) in [6.45, 7) is 0.130. The SMILES string of the molecule is Oc1ccc(CNc2cc(Br)cc(C(F)(F)F)c2)cc1F. The van der Waals surface area contributed by atoms with Gasteiger partial charge in [0.25, 0.3) is 0 Å². The number of rotatable bonds is 3. The molecule has 112 valence electrons. The van der Waals surface area contributed by atoms with Crippen LogP contribution in [0.15, 0.2) is 40.9 Å². The number of phenolic OH excluding ortho intramolecular Hbond substituents is 1. The van der Waals surface area contributed by atoms with Gasteiger partial charge < -0.3 is 10.4 Å². The highest BCUT2D eigenvalue weighted by atomic mass is 79.9. The molecule has 0 fully saturated rings. The van der Waals surface area contributed by atoms with Crippen molar-refractivity contribution in [3.05, 3.63) is 57.8 Å². The smallest absolute Gasteiger partial charge is 0.416 e. The minimum absolute atomic E-state index is 0.130. The molecule has 0 saturated heterocycles. The molecular formula is C14H10BrF4NO. The van der Waals surface area contributed by atoms with Crippen molar-refractivity contribution >= 4 is 21.6 Å².